The summed E-state index contributed by atoms with van der Waals surface area (Å²) >= 11 is 1.56. The highest BCUT2D eigenvalue weighted by molar-refractivity contribution is 7.99. The van der Waals surface area contributed by atoms with E-state index in [0.29, 0.717) is 24.7 Å². The minimum atomic E-state index is -0.277. The second kappa shape index (κ2) is 8.75. The molecule has 0 atom stereocenters. The molecule has 0 unspecified atom stereocenters. The number of hydrogen-bond donors (Lipinski definition) is 0. The third-order valence-corrected chi connectivity index (χ3v) is 4.97. The van der Waals surface area contributed by atoms with Crippen molar-refractivity contribution in [2.45, 2.75) is 11.7 Å². The molecule has 0 radical (unpaired) electrons. The zero-order valence-corrected chi connectivity index (χ0v) is 15.8. The van der Waals surface area contributed by atoms with Gasteiger partial charge in [-0.3, -0.25) is 4.57 Å². The monoisotopic (exact) mass is 395 g/mol. The molecule has 0 fully saturated rings. The number of aromatic nitrogens is 3. The molecular weight excluding hydrogens is 377 g/mol. The predicted molar refractivity (Wildman–Crippen MR) is 106 cm³/mol. The highest BCUT2D eigenvalue weighted by Crippen LogP contribution is 2.25. The van der Waals surface area contributed by atoms with E-state index in [1.54, 1.807) is 30.2 Å². The van der Waals surface area contributed by atoms with E-state index in [9.17, 15) is 4.39 Å². The average molecular weight is 395 g/mol. The Morgan fingerprint density at radius 3 is 2.54 bits per heavy atom. The first-order valence-corrected chi connectivity index (χ1v) is 9.80. The number of rotatable bonds is 8. The van der Waals surface area contributed by atoms with Crippen LogP contribution in [0.4, 0.5) is 4.39 Å². The van der Waals surface area contributed by atoms with Crippen LogP contribution in [0.25, 0.3) is 11.4 Å². The van der Waals surface area contributed by atoms with Gasteiger partial charge in [0.1, 0.15) is 17.3 Å². The highest BCUT2D eigenvalue weighted by Gasteiger charge is 2.15. The average Bonchev–Trinajstić information content (AvgIpc) is 3.38. The highest BCUT2D eigenvalue weighted by atomic mass is 32.2. The van der Waals surface area contributed by atoms with Crippen molar-refractivity contribution in [3.63, 3.8) is 0 Å². The van der Waals surface area contributed by atoms with Crippen molar-refractivity contribution in [3.05, 3.63) is 84.6 Å². The molecule has 4 aromatic rings. The van der Waals surface area contributed by atoms with E-state index in [1.807, 2.05) is 47.0 Å². The van der Waals surface area contributed by atoms with Crippen LogP contribution in [0.5, 0.6) is 5.75 Å². The molecule has 0 saturated heterocycles. The number of thioether (sulfide) groups is 1. The van der Waals surface area contributed by atoms with Crippen molar-refractivity contribution in [1.29, 1.82) is 0 Å². The Balaban J connectivity index is 1.46. The molecule has 2 heterocycles. The molecule has 0 spiro atoms. The second-order valence-electron chi connectivity index (χ2n) is 5.99. The van der Waals surface area contributed by atoms with E-state index in [-0.39, 0.29) is 5.82 Å². The zero-order valence-electron chi connectivity index (χ0n) is 15.0. The standard InChI is InChI=1S/C21H18FN3O2S/c22-17-8-10-18(11-9-17)27-13-14-28-21-24-23-20(16-5-2-1-3-6-16)25(21)15-19-7-4-12-26-19/h1-12H,13-15H2. The van der Waals surface area contributed by atoms with Crippen molar-refractivity contribution in [3.8, 4) is 17.1 Å². The number of benzene rings is 2. The SMILES string of the molecule is Fc1ccc(OCCSc2nnc(-c3ccccc3)n2Cc2ccco2)cc1. The Morgan fingerprint density at radius 1 is 0.964 bits per heavy atom. The van der Waals surface area contributed by atoms with Gasteiger partial charge < -0.3 is 9.15 Å². The summed E-state index contributed by atoms with van der Waals surface area (Å²) in [6.45, 7) is 1.02. The maximum absolute atomic E-state index is 13.0. The first-order valence-electron chi connectivity index (χ1n) is 8.82. The number of ether oxygens (including phenoxy) is 1. The lowest BCUT2D eigenvalue weighted by Crippen LogP contribution is -2.05. The molecule has 0 amide bonds. The van der Waals surface area contributed by atoms with Crippen molar-refractivity contribution in [1.82, 2.24) is 14.8 Å². The molecule has 142 valence electrons. The first-order chi connectivity index (χ1) is 13.8. The summed E-state index contributed by atoms with van der Waals surface area (Å²) < 4.78 is 26.2. The molecular formula is C21H18FN3O2S. The molecule has 0 bridgehead atoms. The number of hydrogen-bond acceptors (Lipinski definition) is 5. The Morgan fingerprint density at radius 2 is 1.79 bits per heavy atom. The van der Waals surface area contributed by atoms with Crippen molar-refractivity contribution in [2.75, 3.05) is 12.4 Å². The fraction of sp³-hybridized carbons (Fsp3) is 0.143. The van der Waals surface area contributed by atoms with Gasteiger partial charge in [-0.1, -0.05) is 42.1 Å². The fourth-order valence-electron chi connectivity index (χ4n) is 2.72. The van der Waals surface area contributed by atoms with Crippen LogP contribution in [-0.2, 0) is 6.54 Å². The lowest BCUT2D eigenvalue weighted by Gasteiger charge is -2.09. The van der Waals surface area contributed by atoms with Gasteiger partial charge in [0.2, 0.25) is 0 Å². The predicted octanol–water partition coefficient (Wildman–Crippen LogP) is 4.90. The van der Waals surface area contributed by atoms with Crippen LogP contribution in [0, 0.1) is 5.82 Å². The maximum atomic E-state index is 13.0. The third-order valence-electron chi connectivity index (χ3n) is 4.04. The van der Waals surface area contributed by atoms with Crippen molar-refractivity contribution >= 4 is 11.8 Å². The Labute approximate surface area is 166 Å². The fourth-order valence-corrected chi connectivity index (χ4v) is 3.48. The molecule has 5 nitrogen and oxygen atoms in total. The molecule has 0 saturated carbocycles. The molecule has 0 N–H and O–H groups in total. The molecule has 2 aromatic carbocycles. The van der Waals surface area contributed by atoms with Crippen molar-refractivity contribution < 1.29 is 13.5 Å². The Hall–Kier alpha value is -3.06. The molecule has 7 heteroatoms. The van der Waals surface area contributed by atoms with E-state index in [0.717, 1.165) is 22.3 Å². The maximum Gasteiger partial charge on any atom is 0.192 e. The molecule has 0 aliphatic carbocycles. The van der Waals surface area contributed by atoms with Gasteiger partial charge in [0.15, 0.2) is 11.0 Å². The lowest BCUT2D eigenvalue weighted by molar-refractivity contribution is 0.343. The minimum Gasteiger partial charge on any atom is -0.493 e. The Kier molecular flexibility index (Phi) is 5.72. The van der Waals surface area contributed by atoms with E-state index in [4.69, 9.17) is 9.15 Å². The van der Waals surface area contributed by atoms with E-state index in [1.165, 1.54) is 12.1 Å². The van der Waals surface area contributed by atoms with Gasteiger partial charge in [0.25, 0.3) is 0 Å². The summed E-state index contributed by atoms with van der Waals surface area (Å²) in [4.78, 5) is 0. The van der Waals surface area contributed by atoms with Gasteiger partial charge in [0, 0.05) is 11.3 Å². The quantitative estimate of drug-likeness (QED) is 0.314. The van der Waals surface area contributed by atoms with Gasteiger partial charge in [-0.2, -0.15) is 0 Å². The van der Waals surface area contributed by atoms with Crippen LogP contribution in [0.2, 0.25) is 0 Å². The summed E-state index contributed by atoms with van der Waals surface area (Å²) in [6.07, 6.45) is 1.66. The topological polar surface area (TPSA) is 53.1 Å². The number of halogens is 1. The normalized spacial score (nSPS) is 10.9. The summed E-state index contributed by atoms with van der Waals surface area (Å²) in [6, 6.07) is 19.7. The van der Waals surface area contributed by atoms with Crippen LogP contribution in [0.1, 0.15) is 5.76 Å². The van der Waals surface area contributed by atoms with Gasteiger partial charge in [0.05, 0.1) is 19.4 Å². The van der Waals surface area contributed by atoms with E-state index < -0.39 is 0 Å². The molecule has 0 aliphatic heterocycles. The van der Waals surface area contributed by atoms with Crippen LogP contribution in [0.15, 0.2) is 82.6 Å². The van der Waals surface area contributed by atoms with Crippen LogP contribution in [-0.4, -0.2) is 27.1 Å². The Bertz CT molecular complexity index is 1000. The summed E-state index contributed by atoms with van der Waals surface area (Å²) in [5, 5.41) is 9.53. The van der Waals surface area contributed by atoms with Gasteiger partial charge in [-0.05, 0) is 36.4 Å². The molecule has 2 aromatic heterocycles. The van der Waals surface area contributed by atoms with Gasteiger partial charge in [-0.25, -0.2) is 4.39 Å². The molecule has 0 aliphatic rings. The first kappa shape index (κ1) is 18.3. The van der Waals surface area contributed by atoms with Gasteiger partial charge in [-0.15, -0.1) is 10.2 Å². The molecule has 4 rings (SSSR count). The van der Waals surface area contributed by atoms with Crippen molar-refractivity contribution in [2.24, 2.45) is 0 Å². The zero-order chi connectivity index (χ0) is 19.2. The van der Waals surface area contributed by atoms with Gasteiger partial charge >= 0.3 is 0 Å². The lowest BCUT2D eigenvalue weighted by atomic mass is 10.2. The number of furan rings is 1. The van der Waals surface area contributed by atoms with E-state index >= 15 is 0 Å². The largest absolute Gasteiger partial charge is 0.493 e. The summed E-state index contributed by atoms with van der Waals surface area (Å²) in [5.74, 6) is 2.67. The number of nitrogens with zero attached hydrogens (tertiary/aromatic N) is 3. The summed E-state index contributed by atoms with van der Waals surface area (Å²) in [5.41, 5.74) is 0.996. The third kappa shape index (κ3) is 4.43. The minimum absolute atomic E-state index is 0.277. The smallest absolute Gasteiger partial charge is 0.192 e. The summed E-state index contributed by atoms with van der Waals surface area (Å²) in [7, 11) is 0. The van der Waals surface area contributed by atoms with Crippen LogP contribution in [0.3, 0.4) is 0 Å². The van der Waals surface area contributed by atoms with Crippen LogP contribution >= 0.6 is 11.8 Å². The second-order valence-corrected chi connectivity index (χ2v) is 7.05. The van der Waals surface area contributed by atoms with E-state index in [2.05, 4.69) is 10.2 Å². The van der Waals surface area contributed by atoms with Crippen LogP contribution < -0.4 is 4.74 Å². The molecule has 28 heavy (non-hydrogen) atoms.